The summed E-state index contributed by atoms with van der Waals surface area (Å²) in [4.78, 5) is 15.9. The smallest absolute Gasteiger partial charge is 0.193 e. The zero-order chi connectivity index (χ0) is 12.7. The molecule has 0 spiro atoms. The largest absolute Gasteiger partial charge is 0.358 e. The van der Waals surface area contributed by atoms with Crippen molar-refractivity contribution in [2.24, 2.45) is 0 Å². The third kappa shape index (κ3) is 1.85. The second kappa shape index (κ2) is 4.43. The van der Waals surface area contributed by atoms with E-state index in [1.165, 1.54) is 12.8 Å². The lowest BCUT2D eigenvalue weighted by Gasteiger charge is -2.13. The van der Waals surface area contributed by atoms with Crippen molar-refractivity contribution in [1.82, 2.24) is 4.98 Å². The molecular formula is C15H16ClNO. The predicted octanol–water partition coefficient (Wildman–Crippen LogP) is 4.15. The Bertz CT molecular complexity index is 653. The Kier molecular flexibility index (Phi) is 2.90. The van der Waals surface area contributed by atoms with Gasteiger partial charge in [0.2, 0.25) is 0 Å². The zero-order valence-corrected chi connectivity index (χ0v) is 11.2. The first-order chi connectivity index (χ1) is 8.66. The second-order valence-electron chi connectivity index (χ2n) is 5.16. The van der Waals surface area contributed by atoms with Gasteiger partial charge < -0.3 is 4.98 Å². The topological polar surface area (TPSA) is 32.9 Å². The van der Waals surface area contributed by atoms with Crippen LogP contribution in [0.25, 0.3) is 10.9 Å². The average Bonchev–Trinajstić information content (AvgIpc) is 2.82. The van der Waals surface area contributed by atoms with E-state index in [1.807, 2.05) is 19.1 Å². The van der Waals surface area contributed by atoms with E-state index >= 15 is 0 Å². The van der Waals surface area contributed by atoms with Crippen LogP contribution < -0.4 is 5.43 Å². The Morgan fingerprint density at radius 2 is 2.00 bits per heavy atom. The number of rotatable bonds is 1. The maximum absolute atomic E-state index is 12.6. The molecule has 0 radical (unpaired) electrons. The lowest BCUT2D eigenvalue weighted by Crippen LogP contribution is -2.16. The molecule has 0 amide bonds. The SMILES string of the molecule is Cc1[nH]c2cc(Cl)ccc2c(=O)c1C1CCCC1. The molecule has 1 heterocycles. The summed E-state index contributed by atoms with van der Waals surface area (Å²) in [6, 6.07) is 5.44. The lowest BCUT2D eigenvalue weighted by molar-refractivity contribution is 0.708. The predicted molar refractivity (Wildman–Crippen MR) is 75.5 cm³/mol. The molecule has 94 valence electrons. The van der Waals surface area contributed by atoms with E-state index < -0.39 is 0 Å². The van der Waals surface area contributed by atoms with Crippen LogP contribution in [0.2, 0.25) is 5.02 Å². The molecule has 3 heteroatoms. The number of hydrogen-bond donors (Lipinski definition) is 1. The minimum absolute atomic E-state index is 0.185. The molecule has 1 saturated carbocycles. The highest BCUT2D eigenvalue weighted by atomic mass is 35.5. The minimum atomic E-state index is 0.185. The molecule has 1 aliphatic rings. The number of H-pyrrole nitrogens is 1. The van der Waals surface area contributed by atoms with E-state index in [9.17, 15) is 4.79 Å². The molecule has 1 aromatic carbocycles. The molecule has 2 aromatic rings. The van der Waals surface area contributed by atoms with E-state index in [2.05, 4.69) is 4.98 Å². The summed E-state index contributed by atoms with van der Waals surface area (Å²) in [5, 5.41) is 1.41. The van der Waals surface area contributed by atoms with Gasteiger partial charge in [-0.05, 0) is 43.9 Å². The molecule has 1 aromatic heterocycles. The minimum Gasteiger partial charge on any atom is -0.358 e. The van der Waals surface area contributed by atoms with Crippen molar-refractivity contribution in [3.63, 3.8) is 0 Å². The fraction of sp³-hybridized carbons (Fsp3) is 0.400. The van der Waals surface area contributed by atoms with Crippen LogP contribution in [0.15, 0.2) is 23.0 Å². The van der Waals surface area contributed by atoms with Gasteiger partial charge in [0.15, 0.2) is 5.43 Å². The van der Waals surface area contributed by atoms with Crippen LogP contribution in [0.1, 0.15) is 42.9 Å². The van der Waals surface area contributed by atoms with E-state index in [0.29, 0.717) is 10.9 Å². The van der Waals surface area contributed by atoms with Gasteiger partial charge in [0.1, 0.15) is 0 Å². The molecule has 1 N–H and O–H groups in total. The lowest BCUT2D eigenvalue weighted by atomic mass is 9.94. The third-order valence-electron chi connectivity index (χ3n) is 3.96. The van der Waals surface area contributed by atoms with Gasteiger partial charge in [-0.15, -0.1) is 0 Å². The summed E-state index contributed by atoms with van der Waals surface area (Å²) in [6.07, 6.45) is 4.76. The normalized spacial score (nSPS) is 16.6. The fourth-order valence-electron chi connectivity index (χ4n) is 3.11. The summed E-state index contributed by atoms with van der Waals surface area (Å²) in [7, 11) is 0. The van der Waals surface area contributed by atoms with Crippen molar-refractivity contribution in [3.8, 4) is 0 Å². The van der Waals surface area contributed by atoms with E-state index in [0.717, 1.165) is 35.0 Å². The van der Waals surface area contributed by atoms with Crippen LogP contribution in [-0.4, -0.2) is 4.98 Å². The van der Waals surface area contributed by atoms with E-state index in [-0.39, 0.29) is 5.43 Å². The average molecular weight is 262 g/mol. The van der Waals surface area contributed by atoms with Crippen LogP contribution in [0, 0.1) is 6.92 Å². The number of fused-ring (bicyclic) bond motifs is 1. The molecular weight excluding hydrogens is 246 g/mol. The summed E-state index contributed by atoms with van der Waals surface area (Å²) >= 11 is 5.97. The van der Waals surface area contributed by atoms with Crippen molar-refractivity contribution >= 4 is 22.5 Å². The maximum atomic E-state index is 12.6. The Hall–Kier alpha value is -1.28. The van der Waals surface area contributed by atoms with Crippen molar-refractivity contribution in [2.45, 2.75) is 38.5 Å². The first-order valence-electron chi connectivity index (χ1n) is 6.49. The number of benzene rings is 1. The van der Waals surface area contributed by atoms with Crippen LogP contribution >= 0.6 is 11.6 Å². The van der Waals surface area contributed by atoms with Crippen molar-refractivity contribution in [2.75, 3.05) is 0 Å². The van der Waals surface area contributed by atoms with Gasteiger partial charge in [-0.2, -0.15) is 0 Å². The Balaban J connectivity index is 2.26. The highest BCUT2D eigenvalue weighted by Crippen LogP contribution is 2.34. The number of aromatic nitrogens is 1. The third-order valence-corrected chi connectivity index (χ3v) is 4.20. The highest BCUT2D eigenvalue weighted by Gasteiger charge is 2.22. The first-order valence-corrected chi connectivity index (χ1v) is 6.86. The number of pyridine rings is 1. The van der Waals surface area contributed by atoms with Crippen LogP contribution in [0.3, 0.4) is 0 Å². The van der Waals surface area contributed by atoms with Gasteiger partial charge in [0.05, 0.1) is 5.52 Å². The highest BCUT2D eigenvalue weighted by molar-refractivity contribution is 6.31. The number of nitrogens with one attached hydrogen (secondary N) is 1. The quantitative estimate of drug-likeness (QED) is 0.822. The van der Waals surface area contributed by atoms with Gasteiger partial charge in [-0.25, -0.2) is 0 Å². The van der Waals surface area contributed by atoms with Crippen molar-refractivity contribution < 1.29 is 0 Å². The van der Waals surface area contributed by atoms with E-state index in [1.54, 1.807) is 6.07 Å². The molecule has 2 nitrogen and oxygen atoms in total. The van der Waals surface area contributed by atoms with Crippen LogP contribution in [-0.2, 0) is 0 Å². The second-order valence-corrected chi connectivity index (χ2v) is 5.60. The molecule has 3 rings (SSSR count). The fourth-order valence-corrected chi connectivity index (χ4v) is 3.28. The number of hydrogen-bond acceptors (Lipinski definition) is 1. The van der Waals surface area contributed by atoms with Gasteiger partial charge in [0, 0.05) is 21.7 Å². The molecule has 0 unspecified atom stereocenters. The maximum Gasteiger partial charge on any atom is 0.193 e. The van der Waals surface area contributed by atoms with Crippen molar-refractivity contribution in [3.05, 3.63) is 44.7 Å². The van der Waals surface area contributed by atoms with Crippen LogP contribution in [0.5, 0.6) is 0 Å². The summed E-state index contributed by atoms with van der Waals surface area (Å²) in [6.45, 7) is 2.00. The van der Waals surface area contributed by atoms with Gasteiger partial charge in [-0.3, -0.25) is 4.79 Å². The van der Waals surface area contributed by atoms with E-state index in [4.69, 9.17) is 11.6 Å². The monoisotopic (exact) mass is 261 g/mol. The van der Waals surface area contributed by atoms with Crippen LogP contribution in [0.4, 0.5) is 0 Å². The molecule has 0 atom stereocenters. The zero-order valence-electron chi connectivity index (χ0n) is 10.4. The molecule has 1 aliphatic carbocycles. The summed E-state index contributed by atoms with van der Waals surface area (Å²) < 4.78 is 0. The van der Waals surface area contributed by atoms with Gasteiger partial charge in [0.25, 0.3) is 0 Å². The van der Waals surface area contributed by atoms with Crippen molar-refractivity contribution in [1.29, 1.82) is 0 Å². The first kappa shape index (κ1) is 11.8. The number of aromatic amines is 1. The van der Waals surface area contributed by atoms with Gasteiger partial charge >= 0.3 is 0 Å². The van der Waals surface area contributed by atoms with Gasteiger partial charge in [-0.1, -0.05) is 24.4 Å². The number of halogens is 1. The molecule has 0 saturated heterocycles. The Morgan fingerprint density at radius 3 is 2.72 bits per heavy atom. The summed E-state index contributed by atoms with van der Waals surface area (Å²) in [5.41, 5.74) is 3.01. The molecule has 1 fully saturated rings. The standard InChI is InChI=1S/C15H16ClNO/c1-9-14(10-4-2-3-5-10)15(18)12-7-6-11(16)8-13(12)17-9/h6-8,10H,2-5H2,1H3,(H,17,18). The molecule has 0 aliphatic heterocycles. The summed E-state index contributed by atoms with van der Waals surface area (Å²) in [5.74, 6) is 0.439. The molecule has 0 bridgehead atoms. The molecule has 18 heavy (non-hydrogen) atoms. The Morgan fingerprint density at radius 1 is 1.28 bits per heavy atom. The number of aryl methyl sites for hydroxylation is 1. The Labute approximate surface area is 111 Å².